The van der Waals surface area contributed by atoms with Crippen LogP contribution < -0.4 is 10.0 Å². The van der Waals surface area contributed by atoms with Gasteiger partial charge in [-0.3, -0.25) is 4.79 Å². The van der Waals surface area contributed by atoms with Crippen molar-refractivity contribution in [2.75, 3.05) is 0 Å². The van der Waals surface area contributed by atoms with E-state index in [0.717, 1.165) is 17.2 Å². The summed E-state index contributed by atoms with van der Waals surface area (Å²) in [5, 5.41) is 2.69. The van der Waals surface area contributed by atoms with Gasteiger partial charge < -0.3 is 5.32 Å². The lowest BCUT2D eigenvalue weighted by molar-refractivity contribution is -0.119. The molecule has 1 aromatic heterocycles. The minimum absolute atomic E-state index is 0.0174. The molecule has 5 nitrogen and oxygen atoms in total. The van der Waals surface area contributed by atoms with Crippen LogP contribution in [0.3, 0.4) is 0 Å². The summed E-state index contributed by atoms with van der Waals surface area (Å²) in [5.74, 6) is 1.85. The van der Waals surface area contributed by atoms with Gasteiger partial charge in [-0.05, 0) is 56.1 Å². The van der Waals surface area contributed by atoms with E-state index in [0.29, 0.717) is 22.6 Å². The van der Waals surface area contributed by atoms with Crippen LogP contribution in [-0.2, 0) is 21.4 Å². The molecule has 0 saturated heterocycles. The first-order valence-electron chi connectivity index (χ1n) is 8.20. The second-order valence-electron chi connectivity index (χ2n) is 6.88. The lowest BCUT2D eigenvalue weighted by Crippen LogP contribution is -2.39. The third-order valence-corrected chi connectivity index (χ3v) is 8.33. The second-order valence-corrected chi connectivity index (χ2v) is 9.99. The van der Waals surface area contributed by atoms with Crippen LogP contribution in [0.4, 0.5) is 0 Å². The smallest absolute Gasteiger partial charge is 0.250 e. The molecule has 2 saturated carbocycles. The molecule has 23 heavy (non-hydrogen) atoms. The van der Waals surface area contributed by atoms with Crippen molar-refractivity contribution in [1.29, 1.82) is 0 Å². The maximum absolute atomic E-state index is 12.6. The summed E-state index contributed by atoms with van der Waals surface area (Å²) in [6.45, 7) is 3.82. The zero-order valence-electron chi connectivity index (χ0n) is 13.5. The predicted octanol–water partition coefficient (Wildman–Crippen LogP) is 2.49. The lowest BCUT2D eigenvalue weighted by Gasteiger charge is -2.28. The van der Waals surface area contributed by atoms with Crippen LogP contribution in [0.2, 0.25) is 0 Å². The van der Waals surface area contributed by atoms with E-state index in [1.165, 1.54) is 37.5 Å². The molecule has 0 spiro atoms. The average Bonchev–Trinajstić information content (AvgIpc) is 3.20. The Balaban J connectivity index is 1.63. The van der Waals surface area contributed by atoms with Crippen molar-refractivity contribution in [3.63, 3.8) is 0 Å². The fourth-order valence-electron chi connectivity index (χ4n) is 4.11. The standard InChI is InChI=1S/C16H24N2O3S2/c1-10(15-8-12-3-4-13(15)7-12)18-23(20,21)16-6-5-14(22-16)9-17-11(2)19/h5-6,10,12-13,15,18H,3-4,7-9H2,1-2H3,(H,17,19)/t10-,12+,13+,15-/m1/s1. The first-order valence-corrected chi connectivity index (χ1v) is 10.5. The van der Waals surface area contributed by atoms with Gasteiger partial charge in [-0.25, -0.2) is 13.1 Å². The van der Waals surface area contributed by atoms with E-state index in [2.05, 4.69) is 10.0 Å². The molecule has 2 aliphatic carbocycles. The van der Waals surface area contributed by atoms with Gasteiger partial charge in [-0.2, -0.15) is 0 Å². The van der Waals surface area contributed by atoms with Gasteiger partial charge in [0.15, 0.2) is 0 Å². The number of amides is 1. The molecule has 128 valence electrons. The van der Waals surface area contributed by atoms with Crippen LogP contribution in [-0.4, -0.2) is 20.4 Å². The molecule has 4 atom stereocenters. The van der Waals surface area contributed by atoms with E-state index in [1.54, 1.807) is 12.1 Å². The summed E-state index contributed by atoms with van der Waals surface area (Å²) in [5.41, 5.74) is 0. The first kappa shape index (κ1) is 16.9. The largest absolute Gasteiger partial charge is 0.351 e. The molecule has 2 N–H and O–H groups in total. The molecule has 0 unspecified atom stereocenters. The number of thiophene rings is 1. The molecule has 2 fully saturated rings. The molecular formula is C16H24N2O3S2. The summed E-state index contributed by atoms with van der Waals surface area (Å²) in [6.07, 6.45) is 5.00. The molecular weight excluding hydrogens is 332 g/mol. The number of hydrogen-bond donors (Lipinski definition) is 2. The summed E-state index contributed by atoms with van der Waals surface area (Å²) in [6, 6.07) is 3.37. The van der Waals surface area contributed by atoms with Gasteiger partial charge in [0.1, 0.15) is 4.21 Å². The lowest BCUT2D eigenvalue weighted by atomic mass is 9.84. The Morgan fingerprint density at radius 2 is 2.13 bits per heavy atom. The van der Waals surface area contributed by atoms with Gasteiger partial charge in [-0.15, -0.1) is 11.3 Å². The highest BCUT2D eigenvalue weighted by molar-refractivity contribution is 7.91. The van der Waals surface area contributed by atoms with Crippen molar-refractivity contribution in [2.24, 2.45) is 17.8 Å². The van der Waals surface area contributed by atoms with Crippen molar-refractivity contribution in [1.82, 2.24) is 10.0 Å². The van der Waals surface area contributed by atoms with Gasteiger partial charge in [0.25, 0.3) is 0 Å². The van der Waals surface area contributed by atoms with E-state index in [4.69, 9.17) is 0 Å². The van der Waals surface area contributed by atoms with Crippen LogP contribution in [0.1, 0.15) is 44.4 Å². The minimum atomic E-state index is -3.48. The summed E-state index contributed by atoms with van der Waals surface area (Å²) >= 11 is 1.22. The summed E-state index contributed by atoms with van der Waals surface area (Å²) in [7, 11) is -3.48. The van der Waals surface area contributed by atoms with Crippen LogP contribution in [0.5, 0.6) is 0 Å². The van der Waals surface area contributed by atoms with E-state index in [9.17, 15) is 13.2 Å². The monoisotopic (exact) mass is 356 g/mol. The quantitative estimate of drug-likeness (QED) is 0.822. The molecule has 0 radical (unpaired) electrons. The maximum atomic E-state index is 12.6. The number of carbonyl (C=O) groups excluding carboxylic acids is 1. The molecule has 2 bridgehead atoms. The molecule has 3 rings (SSSR count). The maximum Gasteiger partial charge on any atom is 0.250 e. The number of nitrogens with one attached hydrogen (secondary N) is 2. The Morgan fingerprint density at radius 3 is 2.74 bits per heavy atom. The van der Waals surface area contributed by atoms with Crippen LogP contribution in [0.25, 0.3) is 0 Å². The molecule has 0 aromatic carbocycles. The van der Waals surface area contributed by atoms with Crippen molar-refractivity contribution >= 4 is 27.3 Å². The molecule has 7 heteroatoms. The second kappa shape index (κ2) is 6.53. The van der Waals surface area contributed by atoms with E-state index in [-0.39, 0.29) is 11.9 Å². The van der Waals surface area contributed by atoms with Crippen molar-refractivity contribution in [3.8, 4) is 0 Å². The number of rotatable bonds is 6. The topological polar surface area (TPSA) is 75.3 Å². The van der Waals surface area contributed by atoms with Crippen LogP contribution in [0.15, 0.2) is 16.3 Å². The van der Waals surface area contributed by atoms with Gasteiger partial charge in [0.05, 0.1) is 6.54 Å². The van der Waals surface area contributed by atoms with E-state index < -0.39 is 10.0 Å². The Kier molecular flexibility index (Phi) is 4.80. The summed E-state index contributed by atoms with van der Waals surface area (Å²) in [4.78, 5) is 11.8. The van der Waals surface area contributed by atoms with Gasteiger partial charge in [0, 0.05) is 17.8 Å². The van der Waals surface area contributed by atoms with E-state index in [1.807, 2.05) is 6.92 Å². The van der Waals surface area contributed by atoms with Crippen molar-refractivity contribution < 1.29 is 13.2 Å². The highest BCUT2D eigenvalue weighted by Crippen LogP contribution is 2.49. The first-order chi connectivity index (χ1) is 10.8. The Morgan fingerprint density at radius 1 is 1.35 bits per heavy atom. The number of sulfonamides is 1. The van der Waals surface area contributed by atoms with Crippen molar-refractivity contribution in [2.45, 2.75) is 56.3 Å². The average molecular weight is 357 g/mol. The zero-order valence-corrected chi connectivity index (χ0v) is 15.2. The van der Waals surface area contributed by atoms with Gasteiger partial charge >= 0.3 is 0 Å². The van der Waals surface area contributed by atoms with Gasteiger partial charge in [0.2, 0.25) is 15.9 Å². The van der Waals surface area contributed by atoms with Crippen LogP contribution >= 0.6 is 11.3 Å². The van der Waals surface area contributed by atoms with E-state index >= 15 is 0 Å². The third kappa shape index (κ3) is 3.78. The summed E-state index contributed by atoms with van der Waals surface area (Å²) < 4.78 is 28.3. The Bertz CT molecular complexity index is 683. The molecule has 0 aliphatic heterocycles. The number of fused-ring (bicyclic) bond motifs is 2. The molecule has 2 aliphatic rings. The van der Waals surface area contributed by atoms with Crippen LogP contribution in [0, 0.1) is 17.8 Å². The fraction of sp³-hybridized carbons (Fsp3) is 0.688. The Hall–Kier alpha value is -0.920. The number of carbonyl (C=O) groups is 1. The highest BCUT2D eigenvalue weighted by atomic mass is 32.2. The molecule has 1 amide bonds. The predicted molar refractivity (Wildman–Crippen MR) is 90.6 cm³/mol. The third-order valence-electron chi connectivity index (χ3n) is 5.19. The minimum Gasteiger partial charge on any atom is -0.351 e. The normalized spacial score (nSPS) is 28.0. The zero-order chi connectivity index (χ0) is 16.6. The molecule has 1 heterocycles. The SMILES string of the molecule is CC(=O)NCc1ccc(S(=O)(=O)N[C@H](C)[C@H]2C[C@H]3CC[C@H]2C3)s1. The number of hydrogen-bond acceptors (Lipinski definition) is 4. The van der Waals surface area contributed by atoms with Gasteiger partial charge in [-0.1, -0.05) is 6.42 Å². The fourth-order valence-corrected chi connectivity index (χ4v) is 6.71. The highest BCUT2D eigenvalue weighted by Gasteiger charge is 2.42. The Labute approximate surface area is 141 Å². The van der Waals surface area contributed by atoms with Crippen molar-refractivity contribution in [3.05, 3.63) is 17.0 Å². The molecule has 1 aromatic rings.